The molecule has 4 heteroatoms. The smallest absolute Gasteiger partial charge is 0.00167 e. The Kier molecular flexibility index (Phi) is 3.03. The highest BCUT2D eigenvalue weighted by Crippen LogP contribution is 2.43. The van der Waals surface area contributed by atoms with E-state index in [9.17, 15) is 0 Å². The average molecular weight is 453 g/mol. The van der Waals surface area contributed by atoms with E-state index in [0.717, 1.165) is 0 Å². The summed E-state index contributed by atoms with van der Waals surface area (Å²) in [7, 11) is 0. The quantitative estimate of drug-likeness (QED) is 0.201. The summed E-state index contributed by atoms with van der Waals surface area (Å²) in [6.45, 7) is 0. The number of thiophene rings is 4. The second-order valence-corrected chi connectivity index (χ2v) is 10.9. The maximum atomic E-state index is 2.42. The van der Waals surface area contributed by atoms with Gasteiger partial charge < -0.3 is 0 Å². The van der Waals surface area contributed by atoms with Gasteiger partial charge in [0.25, 0.3) is 0 Å². The third-order valence-corrected chi connectivity index (χ3v) is 9.48. The first-order chi connectivity index (χ1) is 14.9. The number of benzene rings is 4. The first kappa shape index (κ1) is 16.2. The van der Waals surface area contributed by atoms with Gasteiger partial charge in [-0.25, -0.2) is 0 Å². The highest BCUT2D eigenvalue weighted by molar-refractivity contribution is 7.11. The Morgan fingerprint density at radius 1 is 0.267 bits per heavy atom. The first-order valence-electron chi connectivity index (χ1n) is 9.75. The second-order valence-electron chi connectivity index (χ2n) is 7.94. The highest BCUT2D eigenvalue weighted by Gasteiger charge is 2.14. The molecular formula is C26H12S4. The first-order valence-corrected chi connectivity index (χ1v) is 13.5. The van der Waals surface area contributed by atoms with Gasteiger partial charge in [-0.1, -0.05) is 0 Å². The minimum absolute atomic E-state index is 1.33. The van der Waals surface area contributed by atoms with Crippen LogP contribution < -0.4 is 0 Å². The zero-order valence-corrected chi connectivity index (χ0v) is 18.8. The molecule has 8 aromatic rings. The minimum atomic E-state index is 1.33. The predicted molar refractivity (Wildman–Crippen MR) is 140 cm³/mol. The number of rotatable bonds is 0. The van der Waals surface area contributed by atoms with Crippen molar-refractivity contribution in [1.29, 1.82) is 0 Å². The van der Waals surface area contributed by atoms with Crippen molar-refractivity contribution in [1.82, 2.24) is 0 Å². The lowest BCUT2D eigenvalue weighted by Crippen LogP contribution is -1.82. The summed E-state index contributed by atoms with van der Waals surface area (Å²) in [5.74, 6) is 0. The molecule has 0 spiro atoms. The van der Waals surface area contributed by atoms with Crippen molar-refractivity contribution in [3.05, 3.63) is 67.3 Å². The molecule has 4 aromatic heterocycles. The highest BCUT2D eigenvalue weighted by atomic mass is 32.1. The predicted octanol–water partition coefficient (Wildman–Crippen LogP) is 10.0. The van der Waals surface area contributed by atoms with Crippen molar-refractivity contribution >= 4 is 121 Å². The summed E-state index contributed by atoms with van der Waals surface area (Å²) in [4.78, 5) is 0. The van der Waals surface area contributed by atoms with Gasteiger partial charge in [-0.2, -0.15) is 45.3 Å². The van der Waals surface area contributed by atoms with E-state index in [-0.39, 0.29) is 0 Å². The Bertz CT molecular complexity index is 1670. The van der Waals surface area contributed by atoms with Gasteiger partial charge in [-0.3, -0.25) is 0 Å². The van der Waals surface area contributed by atoms with Gasteiger partial charge in [0.1, 0.15) is 0 Å². The van der Waals surface area contributed by atoms with Gasteiger partial charge in [0.15, 0.2) is 0 Å². The summed E-state index contributed by atoms with van der Waals surface area (Å²) in [6.07, 6.45) is 0. The van der Waals surface area contributed by atoms with Gasteiger partial charge in [0, 0.05) is 43.1 Å². The van der Waals surface area contributed by atoms with Crippen LogP contribution in [0.3, 0.4) is 0 Å². The lowest BCUT2D eigenvalue weighted by molar-refractivity contribution is 1.92. The normalized spacial score (nSPS) is 12.7. The molecule has 0 nitrogen and oxygen atoms in total. The monoisotopic (exact) mass is 452 g/mol. The van der Waals surface area contributed by atoms with Gasteiger partial charge in [0.05, 0.1) is 0 Å². The molecular weight excluding hydrogens is 441 g/mol. The average Bonchev–Trinajstić information content (AvgIpc) is 3.55. The molecule has 0 atom stereocenters. The van der Waals surface area contributed by atoms with E-state index in [1.807, 2.05) is 0 Å². The van der Waals surface area contributed by atoms with Crippen LogP contribution in [0.1, 0.15) is 0 Å². The van der Waals surface area contributed by atoms with Crippen LogP contribution in [0.15, 0.2) is 67.3 Å². The minimum Gasteiger partial charge on any atom is -0.151 e. The molecule has 0 aliphatic heterocycles. The molecule has 0 amide bonds. The molecule has 4 heterocycles. The van der Waals surface area contributed by atoms with Crippen molar-refractivity contribution in [3.8, 4) is 0 Å². The number of hydrogen-bond acceptors (Lipinski definition) is 4. The zero-order valence-electron chi connectivity index (χ0n) is 15.6. The Morgan fingerprint density at radius 3 is 0.700 bits per heavy atom. The Labute approximate surface area is 187 Å². The van der Waals surface area contributed by atoms with Crippen LogP contribution in [0.4, 0.5) is 0 Å². The van der Waals surface area contributed by atoms with Crippen molar-refractivity contribution in [3.63, 3.8) is 0 Å². The van der Waals surface area contributed by atoms with Crippen LogP contribution in [0.5, 0.6) is 0 Å². The van der Waals surface area contributed by atoms with E-state index in [1.165, 1.54) is 75.4 Å². The lowest BCUT2D eigenvalue weighted by Gasteiger charge is -2.10. The Morgan fingerprint density at radius 2 is 0.467 bits per heavy atom. The number of fused-ring (bicyclic) bond motifs is 13. The van der Waals surface area contributed by atoms with E-state index in [1.54, 1.807) is 45.3 Å². The van der Waals surface area contributed by atoms with Crippen LogP contribution >= 0.6 is 45.3 Å². The molecule has 0 saturated carbocycles. The standard InChI is InChI=1S/C26H12S4/c1-13-2-17-18(22-8-30-12-26(22)25-11-29-7-21(17)25)4-14(13)3-16-15(1)19-5-27-9-23(19)24-10-28-6-20(16)24/h1-12H. The third kappa shape index (κ3) is 1.91. The molecule has 4 aromatic carbocycles. The van der Waals surface area contributed by atoms with Crippen LogP contribution in [0.2, 0.25) is 0 Å². The number of hydrogen-bond donors (Lipinski definition) is 0. The van der Waals surface area contributed by atoms with Crippen LogP contribution in [0, 0.1) is 0 Å². The van der Waals surface area contributed by atoms with Crippen LogP contribution in [-0.4, -0.2) is 0 Å². The molecule has 0 N–H and O–H groups in total. The van der Waals surface area contributed by atoms with Gasteiger partial charge in [-0.15, -0.1) is 0 Å². The molecule has 8 rings (SSSR count). The summed E-state index contributed by atoms with van der Waals surface area (Å²) in [6, 6.07) is 9.69. The van der Waals surface area contributed by atoms with Crippen molar-refractivity contribution in [2.45, 2.75) is 0 Å². The third-order valence-electron chi connectivity index (χ3n) is 6.50. The van der Waals surface area contributed by atoms with Gasteiger partial charge in [0.2, 0.25) is 0 Å². The van der Waals surface area contributed by atoms with E-state index in [2.05, 4.69) is 67.3 Å². The van der Waals surface area contributed by atoms with Crippen molar-refractivity contribution in [2.24, 2.45) is 0 Å². The van der Waals surface area contributed by atoms with E-state index in [0.29, 0.717) is 0 Å². The fraction of sp³-hybridized carbons (Fsp3) is 0. The molecule has 0 aliphatic rings. The topological polar surface area (TPSA) is 0 Å². The van der Waals surface area contributed by atoms with Gasteiger partial charge >= 0.3 is 0 Å². The maximum absolute atomic E-state index is 2.42. The zero-order chi connectivity index (χ0) is 19.4. The molecule has 0 fully saturated rings. The summed E-state index contributed by atoms with van der Waals surface area (Å²) >= 11 is 7.23. The summed E-state index contributed by atoms with van der Waals surface area (Å²) in [5, 5.41) is 37.7. The molecule has 0 aliphatic carbocycles. The Hall–Kier alpha value is -2.50. The molecule has 30 heavy (non-hydrogen) atoms. The lowest BCUT2D eigenvalue weighted by atomic mass is 9.93. The van der Waals surface area contributed by atoms with Crippen LogP contribution in [0.25, 0.3) is 75.4 Å². The van der Waals surface area contributed by atoms with Crippen molar-refractivity contribution < 1.29 is 0 Å². The fourth-order valence-electron chi connectivity index (χ4n) is 5.10. The van der Waals surface area contributed by atoms with E-state index in [4.69, 9.17) is 0 Å². The van der Waals surface area contributed by atoms with Crippen LogP contribution in [-0.2, 0) is 0 Å². The largest absolute Gasteiger partial charge is 0.151 e. The molecule has 0 unspecified atom stereocenters. The summed E-state index contributed by atoms with van der Waals surface area (Å²) in [5.41, 5.74) is 0. The molecule has 140 valence electrons. The SMILES string of the molecule is c1scc2c1c1cscc1c1cc3cc4c5cscc5c5cscc5c4cc3cc21. The van der Waals surface area contributed by atoms with Gasteiger partial charge in [-0.05, 0) is 99.6 Å². The molecule has 0 bridgehead atoms. The van der Waals surface area contributed by atoms with E-state index < -0.39 is 0 Å². The second kappa shape index (κ2) is 5.59. The van der Waals surface area contributed by atoms with E-state index >= 15 is 0 Å². The molecule has 0 radical (unpaired) electrons. The molecule has 0 saturated heterocycles. The fourth-order valence-corrected chi connectivity index (χ4v) is 8.49. The summed E-state index contributed by atoms with van der Waals surface area (Å²) < 4.78 is 0. The maximum Gasteiger partial charge on any atom is 0.00167 e. The Balaban J connectivity index is 1.65. The van der Waals surface area contributed by atoms with Crippen molar-refractivity contribution in [2.75, 3.05) is 0 Å².